The normalized spacial score (nSPS) is 26.2. The molecular weight excluding hydrogens is 270 g/mol. The lowest BCUT2D eigenvalue weighted by Crippen LogP contribution is -2.41. The van der Waals surface area contributed by atoms with Gasteiger partial charge in [-0.3, -0.25) is 4.79 Å². The van der Waals surface area contributed by atoms with Gasteiger partial charge in [-0.15, -0.1) is 0 Å². The van der Waals surface area contributed by atoms with Crippen molar-refractivity contribution in [1.82, 2.24) is 0 Å². The van der Waals surface area contributed by atoms with Crippen LogP contribution in [0.1, 0.15) is 25.7 Å². The molecule has 0 spiro atoms. The van der Waals surface area contributed by atoms with Gasteiger partial charge in [0.05, 0.1) is 11.5 Å². The molecule has 0 bridgehead atoms. The molecule has 1 aromatic rings. The van der Waals surface area contributed by atoms with E-state index in [9.17, 15) is 18.7 Å². The van der Waals surface area contributed by atoms with Crippen molar-refractivity contribution < 1.29 is 28.5 Å². The maximum Gasteiger partial charge on any atom is 0.306 e. The summed E-state index contributed by atoms with van der Waals surface area (Å²) in [5.74, 6) is -3.12. The lowest BCUT2D eigenvalue weighted by Gasteiger charge is -2.34. The Balaban J connectivity index is 1.90. The van der Waals surface area contributed by atoms with E-state index in [1.54, 1.807) is 0 Å². The number of rotatable bonds is 4. The first-order valence-electron chi connectivity index (χ1n) is 6.43. The Bertz CT molecular complexity index is 496. The minimum Gasteiger partial charge on any atom is -0.490 e. The van der Waals surface area contributed by atoms with Gasteiger partial charge in [-0.1, -0.05) is 0 Å². The van der Waals surface area contributed by atoms with E-state index in [0.717, 1.165) is 12.1 Å². The summed E-state index contributed by atoms with van der Waals surface area (Å²) in [5, 5.41) is 19.2. The molecule has 1 aromatic carbocycles. The van der Waals surface area contributed by atoms with Crippen LogP contribution in [-0.4, -0.2) is 28.4 Å². The maximum atomic E-state index is 13.0. The molecule has 0 heterocycles. The highest BCUT2D eigenvalue weighted by Gasteiger charge is 2.36. The van der Waals surface area contributed by atoms with Crippen molar-refractivity contribution in [2.75, 3.05) is 6.61 Å². The topological polar surface area (TPSA) is 66.8 Å². The molecule has 0 unspecified atom stereocenters. The number of aliphatic carboxylic acids is 1. The van der Waals surface area contributed by atoms with Crippen LogP contribution in [0.3, 0.4) is 0 Å². The van der Waals surface area contributed by atoms with Crippen molar-refractivity contribution in [2.24, 2.45) is 5.92 Å². The monoisotopic (exact) mass is 286 g/mol. The van der Waals surface area contributed by atoms with Gasteiger partial charge in [0.25, 0.3) is 0 Å². The van der Waals surface area contributed by atoms with Crippen LogP contribution in [0.25, 0.3) is 0 Å². The standard InChI is InChI=1S/C14H16F2O4/c15-11-2-1-10(7-12(11)16)20-8-14(19)5-3-9(4-6-14)13(17)18/h1-2,7,9,19H,3-6,8H2,(H,17,18). The van der Waals surface area contributed by atoms with Gasteiger partial charge in [-0.25, -0.2) is 8.78 Å². The van der Waals surface area contributed by atoms with E-state index in [-0.39, 0.29) is 12.4 Å². The first kappa shape index (κ1) is 14.7. The van der Waals surface area contributed by atoms with Crippen LogP contribution in [0.4, 0.5) is 8.78 Å². The number of carboxylic acids is 1. The molecule has 1 fully saturated rings. The average Bonchev–Trinajstić information content (AvgIpc) is 2.41. The van der Waals surface area contributed by atoms with Crippen molar-refractivity contribution in [3.05, 3.63) is 29.8 Å². The molecule has 2 rings (SSSR count). The minimum absolute atomic E-state index is 0.0651. The van der Waals surface area contributed by atoms with Crippen LogP contribution in [0.5, 0.6) is 5.75 Å². The quantitative estimate of drug-likeness (QED) is 0.891. The molecule has 20 heavy (non-hydrogen) atoms. The molecule has 0 saturated heterocycles. The third-order valence-electron chi connectivity index (χ3n) is 3.66. The number of carboxylic acid groups (broad SMARTS) is 1. The van der Waals surface area contributed by atoms with E-state index in [0.29, 0.717) is 25.7 Å². The number of ether oxygens (including phenoxy) is 1. The summed E-state index contributed by atoms with van der Waals surface area (Å²) >= 11 is 0. The number of benzene rings is 1. The smallest absolute Gasteiger partial charge is 0.306 e. The molecule has 4 nitrogen and oxygen atoms in total. The number of hydrogen-bond donors (Lipinski definition) is 2. The van der Waals surface area contributed by atoms with Gasteiger partial charge < -0.3 is 14.9 Å². The lowest BCUT2D eigenvalue weighted by molar-refractivity contribution is -0.145. The number of aliphatic hydroxyl groups is 1. The molecule has 1 aliphatic carbocycles. The largest absolute Gasteiger partial charge is 0.490 e. The second-order valence-electron chi connectivity index (χ2n) is 5.20. The van der Waals surface area contributed by atoms with Crippen LogP contribution in [-0.2, 0) is 4.79 Å². The molecular formula is C14H16F2O4. The Morgan fingerprint density at radius 2 is 1.95 bits per heavy atom. The summed E-state index contributed by atoms with van der Waals surface area (Å²) in [4.78, 5) is 10.8. The minimum atomic E-state index is -1.11. The van der Waals surface area contributed by atoms with Gasteiger partial charge >= 0.3 is 5.97 Å². The van der Waals surface area contributed by atoms with E-state index >= 15 is 0 Å². The summed E-state index contributed by atoms with van der Waals surface area (Å²) in [7, 11) is 0. The van der Waals surface area contributed by atoms with Gasteiger partial charge in [0, 0.05) is 6.07 Å². The Kier molecular flexibility index (Phi) is 4.23. The zero-order valence-electron chi connectivity index (χ0n) is 10.8. The molecule has 1 aliphatic rings. The predicted octanol–water partition coefficient (Wildman–Crippen LogP) is 2.35. The van der Waals surface area contributed by atoms with Crippen LogP contribution >= 0.6 is 0 Å². The SMILES string of the molecule is O=C(O)C1CCC(O)(COc2ccc(F)c(F)c2)CC1. The third-order valence-corrected chi connectivity index (χ3v) is 3.66. The number of halogens is 2. The molecule has 0 aromatic heterocycles. The highest BCUT2D eigenvalue weighted by atomic mass is 19.2. The van der Waals surface area contributed by atoms with E-state index < -0.39 is 29.1 Å². The summed E-state index contributed by atoms with van der Waals surface area (Å²) in [6.45, 7) is -0.0651. The average molecular weight is 286 g/mol. The Labute approximate surface area is 115 Å². The van der Waals surface area contributed by atoms with Crippen LogP contribution in [0.2, 0.25) is 0 Å². The lowest BCUT2D eigenvalue weighted by atomic mass is 9.79. The molecule has 2 N–H and O–H groups in total. The third kappa shape index (κ3) is 3.45. The molecule has 110 valence electrons. The predicted molar refractivity (Wildman–Crippen MR) is 66.4 cm³/mol. The fourth-order valence-corrected chi connectivity index (χ4v) is 2.33. The van der Waals surface area contributed by atoms with Crippen molar-refractivity contribution in [3.8, 4) is 5.75 Å². The second-order valence-corrected chi connectivity index (χ2v) is 5.20. The maximum absolute atomic E-state index is 13.0. The Hall–Kier alpha value is -1.69. The van der Waals surface area contributed by atoms with Crippen molar-refractivity contribution in [3.63, 3.8) is 0 Å². The second kappa shape index (κ2) is 5.75. The summed E-state index contributed by atoms with van der Waals surface area (Å²) < 4.78 is 31.0. The zero-order chi connectivity index (χ0) is 14.8. The van der Waals surface area contributed by atoms with E-state index in [2.05, 4.69) is 0 Å². The van der Waals surface area contributed by atoms with Gasteiger partial charge in [0.2, 0.25) is 0 Å². The highest BCUT2D eigenvalue weighted by Crippen LogP contribution is 2.33. The van der Waals surface area contributed by atoms with Crippen molar-refractivity contribution >= 4 is 5.97 Å². The van der Waals surface area contributed by atoms with Gasteiger partial charge in [-0.2, -0.15) is 0 Å². The van der Waals surface area contributed by atoms with E-state index in [1.807, 2.05) is 0 Å². The fourth-order valence-electron chi connectivity index (χ4n) is 2.33. The number of carbonyl (C=O) groups is 1. The van der Waals surface area contributed by atoms with E-state index in [4.69, 9.17) is 9.84 Å². The van der Waals surface area contributed by atoms with Gasteiger partial charge in [0.1, 0.15) is 12.4 Å². The van der Waals surface area contributed by atoms with Crippen LogP contribution in [0.15, 0.2) is 18.2 Å². The van der Waals surface area contributed by atoms with Crippen molar-refractivity contribution in [1.29, 1.82) is 0 Å². The number of hydrogen-bond acceptors (Lipinski definition) is 3. The van der Waals surface area contributed by atoms with Crippen molar-refractivity contribution in [2.45, 2.75) is 31.3 Å². The molecule has 6 heteroatoms. The molecule has 1 saturated carbocycles. The summed E-state index contributed by atoms with van der Waals surface area (Å²) in [6, 6.07) is 3.16. The summed E-state index contributed by atoms with van der Waals surface area (Å²) in [5.41, 5.74) is -1.11. The molecule has 0 aliphatic heterocycles. The highest BCUT2D eigenvalue weighted by molar-refractivity contribution is 5.70. The molecule has 0 atom stereocenters. The Morgan fingerprint density at radius 1 is 1.30 bits per heavy atom. The first-order valence-corrected chi connectivity index (χ1v) is 6.43. The zero-order valence-corrected chi connectivity index (χ0v) is 10.8. The molecule has 0 amide bonds. The Morgan fingerprint density at radius 3 is 2.50 bits per heavy atom. The van der Waals surface area contributed by atoms with Gasteiger partial charge in [0.15, 0.2) is 11.6 Å². The van der Waals surface area contributed by atoms with E-state index in [1.165, 1.54) is 6.07 Å². The fraction of sp³-hybridized carbons (Fsp3) is 0.500. The molecule has 0 radical (unpaired) electrons. The first-order chi connectivity index (χ1) is 9.39. The van der Waals surface area contributed by atoms with Crippen LogP contribution in [0, 0.1) is 17.6 Å². The summed E-state index contributed by atoms with van der Waals surface area (Å²) in [6.07, 6.45) is 1.39. The van der Waals surface area contributed by atoms with Crippen LogP contribution < -0.4 is 4.74 Å². The van der Waals surface area contributed by atoms with Gasteiger partial charge in [-0.05, 0) is 37.8 Å².